The highest BCUT2D eigenvalue weighted by Gasteiger charge is 2.47. The molecule has 0 aromatic rings. The summed E-state index contributed by atoms with van der Waals surface area (Å²) in [6, 6.07) is 0. The fraction of sp³-hybridized carbons (Fsp3) is 0.875. The predicted octanol–water partition coefficient (Wildman–Crippen LogP) is -2.47. The highest BCUT2D eigenvalue weighted by molar-refractivity contribution is 5.77. The fourth-order valence-corrected chi connectivity index (χ4v) is 3.51. The van der Waals surface area contributed by atoms with Crippen molar-refractivity contribution < 1.29 is 29.6 Å². The van der Waals surface area contributed by atoms with Crippen molar-refractivity contribution in [2.75, 3.05) is 53.0 Å². The highest BCUT2D eigenvalue weighted by Crippen LogP contribution is 2.28. The number of aliphatic hydroxyl groups is 3. The van der Waals surface area contributed by atoms with E-state index in [1.807, 2.05) is 0 Å². The Morgan fingerprint density at radius 2 is 1.92 bits per heavy atom. The van der Waals surface area contributed by atoms with E-state index in [2.05, 4.69) is 5.32 Å². The lowest BCUT2D eigenvalue weighted by Gasteiger charge is -2.40. The van der Waals surface area contributed by atoms with Gasteiger partial charge in [0, 0.05) is 46.8 Å². The van der Waals surface area contributed by atoms with Crippen molar-refractivity contribution >= 4 is 11.8 Å². The van der Waals surface area contributed by atoms with Gasteiger partial charge in [-0.15, -0.1) is 0 Å². The first-order valence-electron chi connectivity index (χ1n) is 8.54. The van der Waals surface area contributed by atoms with Crippen molar-refractivity contribution in [3.8, 4) is 0 Å². The minimum absolute atomic E-state index is 0.000166. The van der Waals surface area contributed by atoms with Gasteiger partial charge in [-0.05, 0) is 12.8 Å². The molecule has 0 unspecified atom stereocenters. The number of piperidine rings is 1. The monoisotopic (exact) mass is 359 g/mol. The fourth-order valence-electron chi connectivity index (χ4n) is 3.51. The molecule has 0 aromatic heterocycles. The van der Waals surface area contributed by atoms with E-state index < -0.39 is 17.3 Å². The molecule has 9 nitrogen and oxygen atoms in total. The number of hydrogen-bond acceptors (Lipinski definition) is 7. The number of nitrogens with one attached hydrogen (secondary N) is 1. The van der Waals surface area contributed by atoms with Crippen LogP contribution in [0.5, 0.6) is 0 Å². The first-order valence-corrected chi connectivity index (χ1v) is 8.54. The second-order valence-electron chi connectivity index (χ2n) is 7.23. The number of likely N-dealkylation sites (tertiary alicyclic amines) is 2. The Morgan fingerprint density at radius 1 is 1.28 bits per heavy atom. The largest absolute Gasteiger partial charge is 0.389 e. The minimum atomic E-state index is -1.46. The Bertz CT molecular complexity index is 494. The van der Waals surface area contributed by atoms with Crippen molar-refractivity contribution in [3.05, 3.63) is 0 Å². The molecule has 2 heterocycles. The molecule has 0 aliphatic carbocycles. The third kappa shape index (κ3) is 5.11. The smallest absolute Gasteiger partial charge is 0.246 e. The third-order valence-electron chi connectivity index (χ3n) is 5.07. The second kappa shape index (κ2) is 7.96. The molecule has 0 spiro atoms. The number of ether oxygens (including phenoxy) is 1. The molecule has 2 aliphatic heterocycles. The lowest BCUT2D eigenvalue weighted by Crippen LogP contribution is -2.53. The molecule has 0 radical (unpaired) electrons. The van der Waals surface area contributed by atoms with Crippen molar-refractivity contribution in [1.29, 1.82) is 0 Å². The van der Waals surface area contributed by atoms with Crippen LogP contribution < -0.4 is 5.32 Å². The molecule has 2 rings (SSSR count). The average Bonchev–Trinajstić information content (AvgIpc) is 2.80. The average molecular weight is 359 g/mol. The molecule has 2 atom stereocenters. The lowest BCUT2D eigenvalue weighted by molar-refractivity contribution is -0.133. The Labute approximate surface area is 147 Å². The van der Waals surface area contributed by atoms with Gasteiger partial charge < -0.3 is 30.3 Å². The summed E-state index contributed by atoms with van der Waals surface area (Å²) in [4.78, 5) is 26.4. The number of amides is 2. The molecular weight excluding hydrogens is 330 g/mol. The van der Waals surface area contributed by atoms with Crippen LogP contribution in [0.1, 0.15) is 19.8 Å². The van der Waals surface area contributed by atoms with E-state index in [0.717, 1.165) is 0 Å². The molecule has 2 aliphatic rings. The van der Waals surface area contributed by atoms with Crippen LogP contribution in [0.15, 0.2) is 0 Å². The number of aliphatic hydroxyl groups excluding tert-OH is 1. The van der Waals surface area contributed by atoms with Crippen LogP contribution in [-0.2, 0) is 14.3 Å². The zero-order valence-corrected chi connectivity index (χ0v) is 14.9. The molecule has 144 valence electrons. The van der Waals surface area contributed by atoms with Gasteiger partial charge in [-0.3, -0.25) is 14.5 Å². The summed E-state index contributed by atoms with van der Waals surface area (Å²) in [5.74, 6) is -0.364. The zero-order valence-electron chi connectivity index (χ0n) is 14.9. The van der Waals surface area contributed by atoms with Crippen LogP contribution in [0.4, 0.5) is 0 Å². The number of methoxy groups -OCH3 is 1. The second-order valence-corrected chi connectivity index (χ2v) is 7.23. The van der Waals surface area contributed by atoms with Gasteiger partial charge in [0.05, 0.1) is 18.2 Å². The molecule has 2 fully saturated rings. The molecule has 2 amide bonds. The van der Waals surface area contributed by atoms with Crippen molar-refractivity contribution in [3.63, 3.8) is 0 Å². The maximum Gasteiger partial charge on any atom is 0.246 e. The summed E-state index contributed by atoms with van der Waals surface area (Å²) in [6.45, 7) is 3.00. The maximum atomic E-state index is 11.5. The molecule has 9 heteroatoms. The first kappa shape index (κ1) is 20.1. The van der Waals surface area contributed by atoms with E-state index in [-0.39, 0.29) is 38.1 Å². The highest BCUT2D eigenvalue weighted by atomic mass is 16.5. The lowest BCUT2D eigenvalue weighted by atomic mass is 9.90. The summed E-state index contributed by atoms with van der Waals surface area (Å²) >= 11 is 0. The third-order valence-corrected chi connectivity index (χ3v) is 5.07. The van der Waals surface area contributed by atoms with Gasteiger partial charge in [-0.25, -0.2) is 0 Å². The number of hydrogen-bond donors (Lipinski definition) is 4. The zero-order chi connectivity index (χ0) is 18.7. The van der Waals surface area contributed by atoms with Crippen LogP contribution in [0, 0.1) is 0 Å². The van der Waals surface area contributed by atoms with E-state index in [0.29, 0.717) is 32.5 Å². The summed E-state index contributed by atoms with van der Waals surface area (Å²) in [5.41, 5.74) is -2.41. The topological polar surface area (TPSA) is 123 Å². The standard InChI is InChI=1S/C16H29N3O6/c1-12(20)19-5-3-15(23,4-6-19)10-18-7-13(21)16(24,11-18)9-17-14(22)8-25-2/h13,21,23-24H,3-11H2,1-2H3,(H,17,22)/t13-,16+/m1/s1. The number of carbonyl (C=O) groups excluding carboxylic acids is 2. The molecule has 25 heavy (non-hydrogen) atoms. The molecule has 0 aromatic carbocycles. The van der Waals surface area contributed by atoms with E-state index in [9.17, 15) is 24.9 Å². The van der Waals surface area contributed by atoms with E-state index >= 15 is 0 Å². The molecule has 2 saturated heterocycles. The molecule has 4 N–H and O–H groups in total. The predicted molar refractivity (Wildman–Crippen MR) is 88.7 cm³/mol. The van der Waals surface area contributed by atoms with Gasteiger partial charge in [0.25, 0.3) is 0 Å². The maximum absolute atomic E-state index is 11.5. The number of β-amino-alcohol motifs (C(OH)–C–C–N with tert-alkyl or cyclic N) is 3. The van der Waals surface area contributed by atoms with Crippen molar-refractivity contribution in [2.24, 2.45) is 0 Å². The number of rotatable bonds is 6. The van der Waals surface area contributed by atoms with Gasteiger partial charge in [-0.1, -0.05) is 0 Å². The molecule has 0 saturated carbocycles. The van der Waals surface area contributed by atoms with E-state index in [1.165, 1.54) is 14.0 Å². The van der Waals surface area contributed by atoms with Crippen LogP contribution >= 0.6 is 0 Å². The van der Waals surface area contributed by atoms with Gasteiger partial charge >= 0.3 is 0 Å². The van der Waals surface area contributed by atoms with Gasteiger partial charge in [0.1, 0.15) is 12.2 Å². The summed E-state index contributed by atoms with van der Waals surface area (Å²) < 4.78 is 4.71. The van der Waals surface area contributed by atoms with Crippen LogP contribution in [0.2, 0.25) is 0 Å². The Balaban J connectivity index is 1.86. The number of carbonyl (C=O) groups is 2. The Kier molecular flexibility index (Phi) is 6.39. The quantitative estimate of drug-likeness (QED) is 0.414. The molecular formula is C16H29N3O6. The summed E-state index contributed by atoms with van der Waals surface area (Å²) in [6.07, 6.45) is -0.0964. The van der Waals surface area contributed by atoms with Crippen LogP contribution in [-0.4, -0.2) is 107 Å². The van der Waals surface area contributed by atoms with Gasteiger partial charge in [-0.2, -0.15) is 0 Å². The summed E-state index contributed by atoms with van der Waals surface area (Å²) in [7, 11) is 1.40. The van der Waals surface area contributed by atoms with Crippen molar-refractivity contribution in [2.45, 2.75) is 37.1 Å². The molecule has 0 bridgehead atoms. The number of nitrogens with zero attached hydrogens (tertiary/aromatic N) is 2. The Morgan fingerprint density at radius 3 is 2.48 bits per heavy atom. The van der Waals surface area contributed by atoms with Crippen LogP contribution in [0.3, 0.4) is 0 Å². The SMILES string of the molecule is COCC(=O)NC[C@]1(O)CN(CC2(O)CCN(C(C)=O)CC2)C[C@H]1O. The van der Waals surface area contributed by atoms with Gasteiger partial charge in [0.15, 0.2) is 0 Å². The van der Waals surface area contributed by atoms with Crippen molar-refractivity contribution in [1.82, 2.24) is 15.1 Å². The van der Waals surface area contributed by atoms with Crippen LogP contribution in [0.25, 0.3) is 0 Å². The Hall–Kier alpha value is -1.26. The first-order chi connectivity index (χ1) is 11.7. The normalized spacial score (nSPS) is 29.6. The van der Waals surface area contributed by atoms with Gasteiger partial charge in [0.2, 0.25) is 11.8 Å². The summed E-state index contributed by atoms with van der Waals surface area (Å²) in [5, 5.41) is 34.1. The van der Waals surface area contributed by atoms with E-state index in [1.54, 1.807) is 9.80 Å². The minimum Gasteiger partial charge on any atom is -0.389 e. The van der Waals surface area contributed by atoms with E-state index in [4.69, 9.17) is 4.74 Å².